The quantitative estimate of drug-likeness (QED) is 0.739. The van der Waals surface area contributed by atoms with E-state index in [2.05, 4.69) is 4.90 Å². The van der Waals surface area contributed by atoms with Crippen LogP contribution in [0.3, 0.4) is 0 Å². The maximum absolute atomic E-state index is 11.8. The van der Waals surface area contributed by atoms with Crippen LogP contribution in [0.1, 0.15) is 13.8 Å². The number of carbonyl (C=O) groups excluding carboxylic acids is 1. The summed E-state index contributed by atoms with van der Waals surface area (Å²) in [6.07, 6.45) is 0. The summed E-state index contributed by atoms with van der Waals surface area (Å²) in [5.74, 6) is -0.699. The highest BCUT2D eigenvalue weighted by Crippen LogP contribution is 2.10. The van der Waals surface area contributed by atoms with Gasteiger partial charge in [0.05, 0.1) is 6.04 Å². The van der Waals surface area contributed by atoms with Crippen LogP contribution in [-0.4, -0.2) is 84.0 Å². The Morgan fingerprint density at radius 1 is 1.00 bits per heavy atom. The maximum Gasteiger partial charge on any atom is 0.320 e. The van der Waals surface area contributed by atoms with Gasteiger partial charge in [-0.05, 0) is 13.8 Å². The number of hydrogen-bond donors (Lipinski definition) is 1. The van der Waals surface area contributed by atoms with Crippen molar-refractivity contribution in [1.29, 1.82) is 0 Å². The van der Waals surface area contributed by atoms with Crippen LogP contribution in [0.2, 0.25) is 0 Å². The van der Waals surface area contributed by atoms with Gasteiger partial charge in [-0.25, -0.2) is 0 Å². The van der Waals surface area contributed by atoms with Gasteiger partial charge in [0.15, 0.2) is 0 Å². The van der Waals surface area contributed by atoms with Gasteiger partial charge in [-0.3, -0.25) is 19.4 Å². The van der Waals surface area contributed by atoms with E-state index >= 15 is 0 Å². The number of nitrogens with zero attached hydrogens (tertiary/aromatic N) is 3. The molecule has 1 amide bonds. The predicted molar refractivity (Wildman–Crippen MR) is 68.4 cm³/mol. The number of carboxylic acids is 1. The summed E-state index contributed by atoms with van der Waals surface area (Å²) in [6, 6.07) is -0.589. The molecule has 6 nitrogen and oxygen atoms in total. The number of piperazine rings is 1. The van der Waals surface area contributed by atoms with Gasteiger partial charge in [0.25, 0.3) is 0 Å². The second kappa shape index (κ2) is 6.15. The highest BCUT2D eigenvalue weighted by Gasteiger charge is 2.29. The summed E-state index contributed by atoms with van der Waals surface area (Å²) in [4.78, 5) is 28.4. The Morgan fingerprint density at radius 2 is 1.39 bits per heavy atom. The minimum Gasteiger partial charge on any atom is -0.480 e. The maximum atomic E-state index is 11.8. The number of amides is 1. The molecule has 6 heteroatoms. The molecule has 1 aliphatic heterocycles. The fraction of sp³-hybridized carbons (Fsp3) is 0.833. The molecule has 0 spiro atoms. The molecule has 0 aromatic carbocycles. The van der Waals surface area contributed by atoms with Crippen molar-refractivity contribution in [2.24, 2.45) is 0 Å². The first kappa shape index (κ1) is 14.9. The number of rotatable bonds is 4. The van der Waals surface area contributed by atoms with Crippen LogP contribution in [0.5, 0.6) is 0 Å². The van der Waals surface area contributed by atoms with Crippen LogP contribution in [0.15, 0.2) is 0 Å². The predicted octanol–water partition coefficient (Wildman–Crippen LogP) is -0.446. The van der Waals surface area contributed by atoms with Gasteiger partial charge in [0.2, 0.25) is 5.91 Å². The largest absolute Gasteiger partial charge is 0.480 e. The summed E-state index contributed by atoms with van der Waals surface area (Å²) in [5.41, 5.74) is 0. The average molecular weight is 257 g/mol. The molecule has 0 aromatic heterocycles. The molecular formula is C12H23N3O3. The normalized spacial score (nSPS) is 21.3. The Morgan fingerprint density at radius 3 is 1.72 bits per heavy atom. The van der Waals surface area contributed by atoms with Gasteiger partial charge < -0.3 is 10.0 Å². The summed E-state index contributed by atoms with van der Waals surface area (Å²) in [5, 5.41) is 8.95. The lowest BCUT2D eigenvalue weighted by Crippen LogP contribution is -2.56. The molecular weight excluding hydrogens is 234 g/mol. The molecule has 1 heterocycles. The molecule has 0 radical (unpaired) electrons. The van der Waals surface area contributed by atoms with E-state index in [0.717, 1.165) is 13.1 Å². The minimum atomic E-state index is -0.791. The molecule has 1 fully saturated rings. The lowest BCUT2D eigenvalue weighted by atomic mass is 10.2. The topological polar surface area (TPSA) is 64.1 Å². The molecule has 1 saturated heterocycles. The zero-order chi connectivity index (χ0) is 13.9. The first-order valence-corrected chi connectivity index (χ1v) is 6.26. The zero-order valence-corrected chi connectivity index (χ0v) is 11.6. The van der Waals surface area contributed by atoms with Crippen molar-refractivity contribution in [3.05, 3.63) is 0 Å². The van der Waals surface area contributed by atoms with E-state index in [-0.39, 0.29) is 11.9 Å². The molecule has 1 rings (SSSR count). The average Bonchev–Trinajstić information content (AvgIpc) is 2.36. The van der Waals surface area contributed by atoms with Gasteiger partial charge in [0, 0.05) is 40.3 Å². The molecule has 0 bridgehead atoms. The third-order valence-electron chi connectivity index (χ3n) is 3.60. The first-order valence-electron chi connectivity index (χ1n) is 6.26. The Balaban J connectivity index is 2.49. The van der Waals surface area contributed by atoms with E-state index in [0.29, 0.717) is 13.1 Å². The van der Waals surface area contributed by atoms with Crippen molar-refractivity contribution in [2.75, 3.05) is 40.3 Å². The second-order valence-electron chi connectivity index (χ2n) is 4.99. The summed E-state index contributed by atoms with van der Waals surface area (Å²) < 4.78 is 0. The van der Waals surface area contributed by atoms with Crippen LogP contribution < -0.4 is 0 Å². The number of aliphatic carboxylic acids is 1. The monoisotopic (exact) mass is 257 g/mol. The highest BCUT2D eigenvalue weighted by molar-refractivity contribution is 5.81. The molecule has 0 aromatic rings. The van der Waals surface area contributed by atoms with Crippen LogP contribution in [-0.2, 0) is 9.59 Å². The summed E-state index contributed by atoms with van der Waals surface area (Å²) in [7, 11) is 3.50. The Kier molecular flexibility index (Phi) is 5.10. The lowest BCUT2D eigenvalue weighted by Gasteiger charge is -2.39. The van der Waals surface area contributed by atoms with Crippen molar-refractivity contribution in [3.63, 3.8) is 0 Å². The fourth-order valence-corrected chi connectivity index (χ4v) is 2.20. The zero-order valence-electron chi connectivity index (χ0n) is 11.6. The van der Waals surface area contributed by atoms with Crippen molar-refractivity contribution < 1.29 is 14.7 Å². The SMILES string of the molecule is CC(C(=O)O)N1CCN(C(C)C(=O)N(C)C)CC1. The van der Waals surface area contributed by atoms with E-state index in [9.17, 15) is 9.59 Å². The fourth-order valence-electron chi connectivity index (χ4n) is 2.20. The molecule has 18 heavy (non-hydrogen) atoms. The molecule has 1 N–H and O–H groups in total. The number of likely N-dealkylation sites (N-methyl/N-ethyl adjacent to an activating group) is 1. The van der Waals surface area contributed by atoms with E-state index < -0.39 is 12.0 Å². The van der Waals surface area contributed by atoms with Crippen LogP contribution in [0.25, 0.3) is 0 Å². The Labute approximate surface area is 108 Å². The molecule has 1 aliphatic rings. The second-order valence-corrected chi connectivity index (χ2v) is 4.99. The van der Waals surface area contributed by atoms with Crippen molar-refractivity contribution in [1.82, 2.24) is 14.7 Å². The van der Waals surface area contributed by atoms with Gasteiger partial charge in [-0.15, -0.1) is 0 Å². The molecule has 2 atom stereocenters. The standard InChI is InChI=1S/C12H23N3O3/c1-9(11(16)13(3)4)14-5-7-15(8-6-14)10(2)12(17)18/h9-10H,5-8H2,1-4H3,(H,17,18). The third kappa shape index (κ3) is 3.43. The van der Waals surface area contributed by atoms with E-state index in [1.54, 1.807) is 25.9 Å². The van der Waals surface area contributed by atoms with Gasteiger partial charge in [-0.2, -0.15) is 0 Å². The molecule has 104 valence electrons. The minimum absolute atomic E-state index is 0.0923. The van der Waals surface area contributed by atoms with E-state index in [1.165, 1.54) is 0 Å². The number of carbonyl (C=O) groups is 2. The molecule has 0 aliphatic carbocycles. The van der Waals surface area contributed by atoms with Crippen molar-refractivity contribution in [3.8, 4) is 0 Å². The lowest BCUT2D eigenvalue weighted by molar-refractivity contribution is -0.144. The third-order valence-corrected chi connectivity index (χ3v) is 3.60. The summed E-state index contributed by atoms with van der Waals surface area (Å²) >= 11 is 0. The van der Waals surface area contributed by atoms with Crippen molar-refractivity contribution >= 4 is 11.9 Å². The summed E-state index contributed by atoms with van der Waals surface area (Å²) in [6.45, 7) is 6.46. The highest BCUT2D eigenvalue weighted by atomic mass is 16.4. The van der Waals surface area contributed by atoms with Gasteiger partial charge >= 0.3 is 5.97 Å². The Hall–Kier alpha value is -1.14. The molecule has 2 unspecified atom stereocenters. The van der Waals surface area contributed by atoms with Crippen LogP contribution in [0.4, 0.5) is 0 Å². The number of carboxylic acid groups (broad SMARTS) is 1. The van der Waals surface area contributed by atoms with E-state index in [4.69, 9.17) is 5.11 Å². The van der Waals surface area contributed by atoms with Crippen LogP contribution in [0, 0.1) is 0 Å². The van der Waals surface area contributed by atoms with E-state index in [1.807, 2.05) is 11.8 Å². The van der Waals surface area contributed by atoms with Gasteiger partial charge in [0.1, 0.15) is 6.04 Å². The van der Waals surface area contributed by atoms with Gasteiger partial charge in [-0.1, -0.05) is 0 Å². The smallest absolute Gasteiger partial charge is 0.320 e. The number of hydrogen-bond acceptors (Lipinski definition) is 4. The molecule has 0 saturated carbocycles. The first-order chi connectivity index (χ1) is 8.34. The Bertz CT molecular complexity index is 312. The van der Waals surface area contributed by atoms with Crippen LogP contribution >= 0.6 is 0 Å². The van der Waals surface area contributed by atoms with Crippen molar-refractivity contribution in [2.45, 2.75) is 25.9 Å².